The molecule has 0 rings (SSSR count). The van der Waals surface area contributed by atoms with E-state index in [0.29, 0.717) is 13.0 Å². The lowest BCUT2D eigenvalue weighted by molar-refractivity contribution is -0.133. The first-order chi connectivity index (χ1) is 6.11. The number of hydrogen-bond donors (Lipinski definition) is 2. The second kappa shape index (κ2) is 6.24. The highest BCUT2D eigenvalue weighted by atomic mass is 16.5. The van der Waals surface area contributed by atoms with Crippen molar-refractivity contribution in [3.05, 3.63) is 0 Å². The van der Waals surface area contributed by atoms with Crippen LogP contribution in [-0.4, -0.2) is 49.2 Å². The van der Waals surface area contributed by atoms with Crippen LogP contribution in [0.1, 0.15) is 6.42 Å². The van der Waals surface area contributed by atoms with E-state index in [1.54, 1.807) is 7.05 Å². The van der Waals surface area contributed by atoms with Gasteiger partial charge >= 0.3 is 0 Å². The minimum absolute atomic E-state index is 0.0483. The molecule has 6 heteroatoms. The maximum absolute atomic E-state index is 11.1. The lowest BCUT2D eigenvalue weighted by atomic mass is 10.3. The van der Waals surface area contributed by atoms with E-state index in [0.717, 1.165) is 0 Å². The number of carbonyl (C=O) groups excluding carboxylic acids is 1. The first kappa shape index (κ1) is 11.7. The van der Waals surface area contributed by atoms with Crippen LogP contribution in [0.2, 0.25) is 0 Å². The molecule has 0 saturated carbocycles. The fourth-order valence-electron chi connectivity index (χ4n) is 0.691. The molecule has 0 aromatic rings. The van der Waals surface area contributed by atoms with E-state index in [1.807, 2.05) is 0 Å². The zero-order valence-electron chi connectivity index (χ0n) is 7.86. The quantitative estimate of drug-likeness (QED) is 0.257. The summed E-state index contributed by atoms with van der Waals surface area (Å²) >= 11 is 0. The molecule has 0 heterocycles. The molecule has 0 atom stereocenters. The summed E-state index contributed by atoms with van der Waals surface area (Å²) in [6.45, 7) is 0.463. The molecular weight excluding hydrogens is 174 g/mol. The SMILES string of the molecule is COCC(=O)N(C)CCC(N)=NO. The summed E-state index contributed by atoms with van der Waals surface area (Å²) in [6, 6.07) is 0. The topological polar surface area (TPSA) is 88.2 Å². The van der Waals surface area contributed by atoms with Gasteiger partial charge < -0.3 is 20.6 Å². The Morgan fingerprint density at radius 2 is 2.31 bits per heavy atom. The fourth-order valence-corrected chi connectivity index (χ4v) is 0.691. The van der Waals surface area contributed by atoms with E-state index in [1.165, 1.54) is 12.0 Å². The predicted octanol–water partition coefficient (Wildman–Crippen LogP) is -0.772. The Kier molecular flexibility index (Phi) is 5.62. The number of likely N-dealkylation sites (N-methyl/N-ethyl adjacent to an activating group) is 1. The van der Waals surface area contributed by atoms with Crippen molar-refractivity contribution in [3.63, 3.8) is 0 Å². The average molecular weight is 189 g/mol. The normalized spacial score (nSPS) is 11.4. The lowest BCUT2D eigenvalue weighted by Crippen LogP contribution is -2.32. The van der Waals surface area contributed by atoms with Crippen molar-refractivity contribution in [1.82, 2.24) is 4.90 Å². The maximum Gasteiger partial charge on any atom is 0.248 e. The zero-order chi connectivity index (χ0) is 10.3. The highest BCUT2D eigenvalue weighted by Crippen LogP contribution is 1.89. The van der Waals surface area contributed by atoms with Crippen LogP contribution in [0.5, 0.6) is 0 Å². The number of amides is 1. The Balaban J connectivity index is 3.73. The van der Waals surface area contributed by atoms with E-state index in [2.05, 4.69) is 9.89 Å². The fraction of sp³-hybridized carbons (Fsp3) is 0.714. The number of nitrogens with zero attached hydrogens (tertiary/aromatic N) is 2. The van der Waals surface area contributed by atoms with Crippen molar-refractivity contribution < 1.29 is 14.7 Å². The molecule has 0 radical (unpaired) electrons. The first-order valence-corrected chi connectivity index (χ1v) is 3.81. The van der Waals surface area contributed by atoms with Gasteiger partial charge in [-0.2, -0.15) is 0 Å². The van der Waals surface area contributed by atoms with Gasteiger partial charge in [0.05, 0.1) is 0 Å². The van der Waals surface area contributed by atoms with Gasteiger partial charge in [0.15, 0.2) is 0 Å². The van der Waals surface area contributed by atoms with Crippen molar-refractivity contribution in [2.24, 2.45) is 10.9 Å². The van der Waals surface area contributed by atoms with Gasteiger partial charge in [0, 0.05) is 27.1 Å². The van der Waals surface area contributed by atoms with Gasteiger partial charge in [0.1, 0.15) is 12.4 Å². The Bertz CT molecular complexity index is 193. The molecule has 0 aromatic carbocycles. The van der Waals surface area contributed by atoms with Crippen molar-refractivity contribution >= 4 is 11.7 Å². The van der Waals surface area contributed by atoms with Gasteiger partial charge in [-0.1, -0.05) is 5.16 Å². The molecule has 3 N–H and O–H groups in total. The third kappa shape index (κ3) is 5.02. The number of carbonyl (C=O) groups is 1. The number of ether oxygens (including phenoxy) is 1. The Morgan fingerprint density at radius 1 is 1.69 bits per heavy atom. The number of nitrogens with two attached hydrogens (primary N) is 1. The van der Waals surface area contributed by atoms with Crippen molar-refractivity contribution in [2.45, 2.75) is 6.42 Å². The molecule has 0 aliphatic rings. The largest absolute Gasteiger partial charge is 0.409 e. The molecule has 13 heavy (non-hydrogen) atoms. The van der Waals surface area contributed by atoms with Crippen LogP contribution in [0.25, 0.3) is 0 Å². The van der Waals surface area contributed by atoms with Gasteiger partial charge in [-0.3, -0.25) is 4.79 Å². The monoisotopic (exact) mass is 189 g/mol. The lowest BCUT2D eigenvalue weighted by Gasteiger charge is -2.15. The van der Waals surface area contributed by atoms with Crippen LogP contribution in [0, 0.1) is 0 Å². The minimum atomic E-state index is -0.131. The molecule has 76 valence electrons. The van der Waals surface area contributed by atoms with Crippen LogP contribution in [0.15, 0.2) is 5.16 Å². The zero-order valence-corrected chi connectivity index (χ0v) is 7.86. The van der Waals surface area contributed by atoms with Crippen LogP contribution in [-0.2, 0) is 9.53 Å². The molecular formula is C7H15N3O3. The summed E-state index contributed by atoms with van der Waals surface area (Å²) in [7, 11) is 3.08. The Hall–Kier alpha value is -1.30. The smallest absolute Gasteiger partial charge is 0.248 e. The summed E-state index contributed by atoms with van der Waals surface area (Å²) in [4.78, 5) is 12.6. The van der Waals surface area contributed by atoms with Crippen molar-refractivity contribution in [1.29, 1.82) is 0 Å². The summed E-state index contributed by atoms with van der Waals surface area (Å²) < 4.78 is 4.66. The third-order valence-electron chi connectivity index (χ3n) is 1.53. The molecule has 0 aromatic heterocycles. The van der Waals surface area contributed by atoms with Crippen LogP contribution in [0.3, 0.4) is 0 Å². The summed E-state index contributed by atoms with van der Waals surface area (Å²) in [6.07, 6.45) is 0.350. The van der Waals surface area contributed by atoms with Crippen molar-refractivity contribution in [3.8, 4) is 0 Å². The van der Waals surface area contributed by atoms with Gasteiger partial charge in [-0.15, -0.1) is 0 Å². The predicted molar refractivity (Wildman–Crippen MR) is 47.5 cm³/mol. The molecule has 6 nitrogen and oxygen atoms in total. The molecule has 0 spiro atoms. The summed E-state index contributed by atoms with van der Waals surface area (Å²) in [5, 5.41) is 11.0. The number of oxime groups is 1. The first-order valence-electron chi connectivity index (χ1n) is 3.81. The van der Waals surface area contributed by atoms with Crippen LogP contribution in [0.4, 0.5) is 0 Å². The molecule has 0 aliphatic carbocycles. The molecule has 0 fully saturated rings. The molecule has 0 saturated heterocycles. The molecule has 0 bridgehead atoms. The van der Waals surface area contributed by atoms with Gasteiger partial charge in [-0.25, -0.2) is 0 Å². The third-order valence-corrected chi connectivity index (χ3v) is 1.53. The van der Waals surface area contributed by atoms with E-state index in [9.17, 15) is 4.79 Å². The summed E-state index contributed by atoms with van der Waals surface area (Å²) in [5.41, 5.74) is 5.23. The Morgan fingerprint density at radius 3 is 2.77 bits per heavy atom. The van der Waals surface area contributed by atoms with Gasteiger partial charge in [-0.05, 0) is 0 Å². The highest BCUT2D eigenvalue weighted by Gasteiger charge is 2.07. The number of methoxy groups -OCH3 is 1. The second-order valence-corrected chi connectivity index (χ2v) is 2.59. The highest BCUT2D eigenvalue weighted by molar-refractivity contribution is 5.81. The second-order valence-electron chi connectivity index (χ2n) is 2.59. The van der Waals surface area contributed by atoms with E-state index in [-0.39, 0.29) is 18.3 Å². The number of rotatable bonds is 5. The maximum atomic E-state index is 11.1. The molecule has 0 unspecified atom stereocenters. The molecule has 0 aliphatic heterocycles. The van der Waals surface area contributed by atoms with Crippen LogP contribution < -0.4 is 5.73 Å². The van der Waals surface area contributed by atoms with E-state index < -0.39 is 0 Å². The van der Waals surface area contributed by atoms with Gasteiger partial charge in [0.25, 0.3) is 0 Å². The minimum Gasteiger partial charge on any atom is -0.409 e. The van der Waals surface area contributed by atoms with Crippen molar-refractivity contribution in [2.75, 3.05) is 27.3 Å². The number of hydrogen-bond acceptors (Lipinski definition) is 4. The Labute approximate surface area is 76.9 Å². The van der Waals surface area contributed by atoms with E-state index in [4.69, 9.17) is 10.9 Å². The standard InChI is InChI=1S/C7H15N3O3/c1-10(7(11)5-13-2)4-3-6(8)9-12/h12H,3-5H2,1-2H3,(H2,8,9). The van der Waals surface area contributed by atoms with Crippen LogP contribution >= 0.6 is 0 Å². The molecule has 1 amide bonds. The average Bonchev–Trinajstić information content (AvgIpc) is 2.13. The van der Waals surface area contributed by atoms with Gasteiger partial charge in [0.2, 0.25) is 5.91 Å². The summed E-state index contributed by atoms with van der Waals surface area (Å²) in [5.74, 6) is -0.0229. The van der Waals surface area contributed by atoms with E-state index >= 15 is 0 Å². The number of amidine groups is 1.